The third-order valence-electron chi connectivity index (χ3n) is 4.78. The summed E-state index contributed by atoms with van der Waals surface area (Å²) in [6, 6.07) is 11.9. The number of aromatic nitrogens is 2. The molecule has 8 heteroatoms. The highest BCUT2D eigenvalue weighted by atomic mass is 32.2. The number of hydrogen-bond acceptors (Lipinski definition) is 5. The zero-order valence-corrected chi connectivity index (χ0v) is 15.8. The summed E-state index contributed by atoms with van der Waals surface area (Å²) in [6.45, 7) is 2.13. The van der Waals surface area contributed by atoms with Crippen molar-refractivity contribution >= 4 is 23.5 Å². The molecule has 142 valence electrons. The molecule has 2 aromatic carbocycles. The van der Waals surface area contributed by atoms with Gasteiger partial charge in [0, 0.05) is 5.56 Å². The first-order valence-electron chi connectivity index (χ1n) is 8.76. The fourth-order valence-electron chi connectivity index (χ4n) is 3.49. The van der Waals surface area contributed by atoms with Crippen molar-refractivity contribution in [2.24, 2.45) is 0 Å². The lowest BCUT2D eigenvalue weighted by atomic mass is 10.0. The lowest BCUT2D eigenvalue weighted by Crippen LogP contribution is -2.15. The Morgan fingerprint density at radius 2 is 1.96 bits per heavy atom. The summed E-state index contributed by atoms with van der Waals surface area (Å²) in [5.74, 6) is 1.93. The fraction of sp³-hybridized carbons (Fsp3) is 0.200. The fourth-order valence-corrected chi connectivity index (χ4v) is 4.67. The Bertz CT molecular complexity index is 1080. The molecule has 0 saturated heterocycles. The van der Waals surface area contributed by atoms with Crippen LogP contribution in [0.3, 0.4) is 0 Å². The second-order valence-corrected chi connectivity index (χ2v) is 7.68. The van der Waals surface area contributed by atoms with E-state index >= 15 is 0 Å². The average molecular weight is 397 g/mol. The molecule has 6 nitrogen and oxygen atoms in total. The van der Waals surface area contributed by atoms with Gasteiger partial charge in [-0.15, -0.1) is 11.8 Å². The standard InChI is InChI=1S/C20H16FN3O3S/c1-11-18-19(12-2-7-15-16(8-12)27-10-26-15)28-9-17(25)22-20(18)24(23-11)14-5-3-13(21)4-6-14/h2-8,19H,9-10H2,1H3,(H,22,25)/t19-/m1/s1. The third-order valence-corrected chi connectivity index (χ3v) is 6.05. The number of thioether (sulfide) groups is 1. The molecule has 0 fully saturated rings. The highest BCUT2D eigenvalue weighted by molar-refractivity contribution is 8.00. The number of halogens is 1. The van der Waals surface area contributed by atoms with Crippen molar-refractivity contribution in [2.75, 3.05) is 17.9 Å². The molecule has 0 spiro atoms. The van der Waals surface area contributed by atoms with E-state index in [1.165, 1.54) is 23.9 Å². The van der Waals surface area contributed by atoms with Crippen LogP contribution in [-0.2, 0) is 4.79 Å². The molecule has 0 saturated carbocycles. The normalized spacial score (nSPS) is 17.8. The van der Waals surface area contributed by atoms with Crippen LogP contribution in [0.1, 0.15) is 22.1 Å². The maximum atomic E-state index is 13.3. The van der Waals surface area contributed by atoms with E-state index in [0.717, 1.165) is 22.6 Å². The van der Waals surface area contributed by atoms with Gasteiger partial charge in [-0.25, -0.2) is 9.07 Å². The largest absolute Gasteiger partial charge is 0.454 e. The molecule has 3 heterocycles. The smallest absolute Gasteiger partial charge is 0.235 e. The van der Waals surface area contributed by atoms with Crippen LogP contribution >= 0.6 is 11.8 Å². The molecule has 1 aromatic heterocycles. The molecule has 0 aliphatic carbocycles. The summed E-state index contributed by atoms with van der Waals surface area (Å²) in [5, 5.41) is 7.50. The summed E-state index contributed by atoms with van der Waals surface area (Å²) < 4.78 is 25.9. The third kappa shape index (κ3) is 2.80. The van der Waals surface area contributed by atoms with Crippen LogP contribution in [0.2, 0.25) is 0 Å². The van der Waals surface area contributed by atoms with Crippen LogP contribution in [0.25, 0.3) is 5.69 Å². The SMILES string of the molecule is Cc1nn(-c2ccc(F)cc2)c2c1[C@@H](c1ccc3c(c1)OCO3)SCC(=O)N2. The lowest BCUT2D eigenvalue weighted by molar-refractivity contribution is -0.113. The molecule has 1 N–H and O–H groups in total. The zero-order valence-electron chi connectivity index (χ0n) is 14.9. The molecule has 0 bridgehead atoms. The number of benzene rings is 2. The van der Waals surface area contributed by atoms with E-state index in [4.69, 9.17) is 9.47 Å². The first-order chi connectivity index (χ1) is 13.6. The van der Waals surface area contributed by atoms with Gasteiger partial charge in [-0.05, 0) is 48.9 Å². The van der Waals surface area contributed by atoms with Crippen molar-refractivity contribution < 1.29 is 18.7 Å². The number of nitrogens with one attached hydrogen (secondary N) is 1. The quantitative estimate of drug-likeness (QED) is 0.712. The van der Waals surface area contributed by atoms with Gasteiger partial charge in [-0.1, -0.05) is 6.07 Å². The van der Waals surface area contributed by atoms with Crippen molar-refractivity contribution in [1.29, 1.82) is 0 Å². The Labute approximate surface area is 164 Å². The number of aryl methyl sites for hydroxylation is 1. The molecular weight excluding hydrogens is 381 g/mol. The number of carbonyl (C=O) groups excluding carboxylic acids is 1. The number of hydrogen-bond donors (Lipinski definition) is 1. The van der Waals surface area contributed by atoms with Crippen molar-refractivity contribution in [2.45, 2.75) is 12.2 Å². The molecule has 2 aliphatic rings. The van der Waals surface area contributed by atoms with Gasteiger partial charge in [0.15, 0.2) is 11.5 Å². The van der Waals surface area contributed by atoms with Crippen LogP contribution in [-0.4, -0.2) is 28.2 Å². The predicted octanol–water partition coefficient (Wildman–Crippen LogP) is 3.82. The van der Waals surface area contributed by atoms with E-state index in [0.29, 0.717) is 23.0 Å². The number of fused-ring (bicyclic) bond motifs is 2. The van der Waals surface area contributed by atoms with Crippen molar-refractivity contribution in [3.8, 4) is 17.2 Å². The number of rotatable bonds is 2. The van der Waals surface area contributed by atoms with Gasteiger partial charge in [0.05, 0.1) is 22.4 Å². The maximum absolute atomic E-state index is 13.3. The molecule has 2 aliphatic heterocycles. The maximum Gasteiger partial charge on any atom is 0.235 e. The van der Waals surface area contributed by atoms with Crippen LogP contribution in [0.15, 0.2) is 42.5 Å². The second-order valence-electron chi connectivity index (χ2n) is 6.59. The first kappa shape index (κ1) is 17.1. The number of amides is 1. The summed E-state index contributed by atoms with van der Waals surface area (Å²) >= 11 is 1.54. The summed E-state index contributed by atoms with van der Waals surface area (Å²) in [6.07, 6.45) is 0. The van der Waals surface area contributed by atoms with Crippen LogP contribution in [0, 0.1) is 12.7 Å². The molecule has 28 heavy (non-hydrogen) atoms. The van der Waals surface area contributed by atoms with Gasteiger partial charge in [0.1, 0.15) is 11.6 Å². The van der Waals surface area contributed by atoms with Crippen molar-refractivity contribution in [3.63, 3.8) is 0 Å². The Hall–Kier alpha value is -3.00. The molecular formula is C20H16FN3O3S. The Balaban J connectivity index is 1.65. The van der Waals surface area contributed by atoms with Crippen LogP contribution < -0.4 is 14.8 Å². The van der Waals surface area contributed by atoms with Crippen molar-refractivity contribution in [3.05, 3.63) is 65.1 Å². The van der Waals surface area contributed by atoms with E-state index in [1.807, 2.05) is 25.1 Å². The van der Waals surface area contributed by atoms with E-state index in [-0.39, 0.29) is 23.8 Å². The molecule has 3 aromatic rings. The average Bonchev–Trinajstić information content (AvgIpc) is 3.23. The second kappa shape index (κ2) is 6.56. The Morgan fingerprint density at radius 1 is 1.18 bits per heavy atom. The number of ether oxygens (including phenoxy) is 2. The van der Waals surface area contributed by atoms with E-state index in [9.17, 15) is 9.18 Å². The topological polar surface area (TPSA) is 65.4 Å². The molecule has 1 amide bonds. The van der Waals surface area contributed by atoms with Crippen LogP contribution in [0.5, 0.6) is 11.5 Å². The minimum atomic E-state index is -0.323. The Kier molecular flexibility index (Phi) is 4.01. The van der Waals surface area contributed by atoms with Gasteiger partial charge in [0.2, 0.25) is 12.7 Å². The Morgan fingerprint density at radius 3 is 2.79 bits per heavy atom. The summed E-state index contributed by atoms with van der Waals surface area (Å²) in [7, 11) is 0. The van der Waals surface area contributed by atoms with Gasteiger partial charge in [-0.2, -0.15) is 5.10 Å². The lowest BCUT2D eigenvalue weighted by Gasteiger charge is -2.16. The van der Waals surface area contributed by atoms with E-state index < -0.39 is 0 Å². The number of anilines is 1. The van der Waals surface area contributed by atoms with Gasteiger partial charge in [-0.3, -0.25) is 4.79 Å². The highest BCUT2D eigenvalue weighted by Crippen LogP contribution is 2.46. The number of carbonyl (C=O) groups is 1. The molecule has 0 unspecified atom stereocenters. The van der Waals surface area contributed by atoms with Crippen molar-refractivity contribution in [1.82, 2.24) is 9.78 Å². The molecule has 0 radical (unpaired) electrons. The zero-order chi connectivity index (χ0) is 19.3. The minimum absolute atomic E-state index is 0.0993. The van der Waals surface area contributed by atoms with Gasteiger partial charge >= 0.3 is 0 Å². The monoisotopic (exact) mass is 397 g/mol. The minimum Gasteiger partial charge on any atom is -0.454 e. The number of nitrogens with zero attached hydrogens (tertiary/aromatic N) is 2. The highest BCUT2D eigenvalue weighted by Gasteiger charge is 2.31. The van der Waals surface area contributed by atoms with Gasteiger partial charge in [0.25, 0.3) is 0 Å². The van der Waals surface area contributed by atoms with E-state index in [2.05, 4.69) is 10.4 Å². The predicted molar refractivity (Wildman–Crippen MR) is 104 cm³/mol. The summed E-state index contributed by atoms with van der Waals surface area (Å²) in [5.41, 5.74) is 3.42. The summed E-state index contributed by atoms with van der Waals surface area (Å²) in [4.78, 5) is 12.4. The van der Waals surface area contributed by atoms with Gasteiger partial charge < -0.3 is 14.8 Å². The molecule has 1 atom stereocenters. The van der Waals surface area contributed by atoms with Crippen LogP contribution in [0.4, 0.5) is 10.2 Å². The first-order valence-corrected chi connectivity index (χ1v) is 9.81. The molecule has 5 rings (SSSR count). The van der Waals surface area contributed by atoms with E-state index in [1.54, 1.807) is 16.8 Å².